The van der Waals surface area contributed by atoms with Gasteiger partial charge in [0.05, 0.1) is 27.7 Å². The lowest BCUT2D eigenvalue weighted by molar-refractivity contribution is -0.141. The van der Waals surface area contributed by atoms with Crippen LogP contribution in [0.4, 0.5) is 24.5 Å². The second kappa shape index (κ2) is 9.55. The zero-order chi connectivity index (χ0) is 25.2. The van der Waals surface area contributed by atoms with E-state index >= 15 is 0 Å². The van der Waals surface area contributed by atoms with Crippen LogP contribution in [0.25, 0.3) is 5.69 Å². The SMILES string of the molecule is Cc1nc(C(F)(F)F)ccc1C(=O)Nc1ccc(Cl)c(NC(=O)c2ccc(-n3cncn3)cc2)c1. The predicted octanol–water partition coefficient (Wildman–Crippen LogP) is 5.15. The Kier molecular flexibility index (Phi) is 6.52. The number of aromatic nitrogens is 4. The van der Waals surface area contributed by atoms with E-state index in [9.17, 15) is 22.8 Å². The van der Waals surface area contributed by atoms with Crippen LogP contribution in [0, 0.1) is 6.92 Å². The zero-order valence-electron chi connectivity index (χ0n) is 18.0. The number of amides is 2. The number of hydrogen-bond donors (Lipinski definition) is 2. The number of pyridine rings is 1. The molecule has 0 bridgehead atoms. The maximum absolute atomic E-state index is 12.8. The van der Waals surface area contributed by atoms with Crippen molar-refractivity contribution in [2.45, 2.75) is 13.1 Å². The lowest BCUT2D eigenvalue weighted by Gasteiger charge is -2.13. The number of carbonyl (C=O) groups excluding carboxylic acids is 2. The molecule has 12 heteroatoms. The Hall–Kier alpha value is -4.25. The Balaban J connectivity index is 1.48. The van der Waals surface area contributed by atoms with Crippen molar-refractivity contribution in [3.63, 3.8) is 0 Å². The number of rotatable bonds is 5. The summed E-state index contributed by atoms with van der Waals surface area (Å²) < 4.78 is 40.0. The summed E-state index contributed by atoms with van der Waals surface area (Å²) in [6.07, 6.45) is -1.69. The van der Waals surface area contributed by atoms with Gasteiger partial charge in [-0.3, -0.25) is 9.59 Å². The van der Waals surface area contributed by atoms with Gasteiger partial charge in [-0.1, -0.05) is 11.6 Å². The van der Waals surface area contributed by atoms with Gasteiger partial charge in [-0.05, 0) is 61.5 Å². The number of carbonyl (C=O) groups is 2. The minimum Gasteiger partial charge on any atom is -0.322 e. The first kappa shape index (κ1) is 23.9. The molecule has 2 aromatic heterocycles. The van der Waals surface area contributed by atoms with Crippen LogP contribution < -0.4 is 10.6 Å². The summed E-state index contributed by atoms with van der Waals surface area (Å²) in [7, 11) is 0. The predicted molar refractivity (Wildman–Crippen MR) is 123 cm³/mol. The van der Waals surface area contributed by atoms with Crippen LogP contribution in [-0.2, 0) is 6.18 Å². The van der Waals surface area contributed by atoms with E-state index in [-0.39, 0.29) is 27.7 Å². The second-order valence-corrected chi connectivity index (χ2v) is 7.72. The average Bonchev–Trinajstić information content (AvgIpc) is 3.35. The van der Waals surface area contributed by atoms with Crippen LogP contribution in [0.5, 0.6) is 0 Å². The third kappa shape index (κ3) is 5.46. The van der Waals surface area contributed by atoms with Crippen molar-refractivity contribution in [2.75, 3.05) is 10.6 Å². The lowest BCUT2D eigenvalue weighted by atomic mass is 10.1. The van der Waals surface area contributed by atoms with E-state index in [4.69, 9.17) is 11.6 Å². The van der Waals surface area contributed by atoms with Crippen molar-refractivity contribution in [2.24, 2.45) is 0 Å². The van der Waals surface area contributed by atoms with Gasteiger partial charge in [0, 0.05) is 11.3 Å². The van der Waals surface area contributed by atoms with Crippen LogP contribution in [0.15, 0.2) is 67.3 Å². The van der Waals surface area contributed by atoms with Crippen LogP contribution in [-0.4, -0.2) is 31.6 Å². The molecule has 2 N–H and O–H groups in total. The van der Waals surface area contributed by atoms with E-state index in [1.54, 1.807) is 28.9 Å². The number of anilines is 2. The van der Waals surface area contributed by atoms with E-state index in [2.05, 4.69) is 25.7 Å². The molecule has 178 valence electrons. The maximum atomic E-state index is 12.8. The highest BCUT2D eigenvalue weighted by molar-refractivity contribution is 6.34. The van der Waals surface area contributed by atoms with Gasteiger partial charge in [-0.15, -0.1) is 0 Å². The van der Waals surface area contributed by atoms with E-state index in [1.165, 1.54) is 37.8 Å². The van der Waals surface area contributed by atoms with E-state index in [1.807, 2.05) is 0 Å². The molecule has 0 aliphatic heterocycles. The van der Waals surface area contributed by atoms with Crippen LogP contribution in [0.1, 0.15) is 32.1 Å². The smallest absolute Gasteiger partial charge is 0.322 e. The number of nitrogens with zero attached hydrogens (tertiary/aromatic N) is 4. The molecule has 0 spiro atoms. The van der Waals surface area contributed by atoms with E-state index < -0.39 is 23.7 Å². The third-order valence-electron chi connectivity index (χ3n) is 4.91. The molecule has 35 heavy (non-hydrogen) atoms. The van der Waals surface area contributed by atoms with Crippen molar-refractivity contribution in [1.82, 2.24) is 19.7 Å². The van der Waals surface area contributed by atoms with Crippen molar-refractivity contribution in [1.29, 1.82) is 0 Å². The van der Waals surface area contributed by atoms with Gasteiger partial charge in [-0.25, -0.2) is 14.6 Å². The molecule has 0 unspecified atom stereocenters. The van der Waals surface area contributed by atoms with Gasteiger partial charge in [0.2, 0.25) is 0 Å². The highest BCUT2D eigenvalue weighted by Crippen LogP contribution is 2.29. The lowest BCUT2D eigenvalue weighted by Crippen LogP contribution is -2.17. The molecule has 2 amide bonds. The summed E-state index contributed by atoms with van der Waals surface area (Å²) in [6, 6.07) is 12.8. The van der Waals surface area contributed by atoms with E-state index in [0.717, 1.165) is 17.8 Å². The molecule has 8 nitrogen and oxygen atoms in total. The van der Waals surface area contributed by atoms with Gasteiger partial charge in [0.1, 0.15) is 18.3 Å². The summed E-state index contributed by atoms with van der Waals surface area (Å²) >= 11 is 6.20. The number of nitrogens with one attached hydrogen (secondary N) is 2. The fourth-order valence-electron chi connectivity index (χ4n) is 3.16. The molecule has 0 aliphatic rings. The molecule has 0 aliphatic carbocycles. The number of aryl methyl sites for hydroxylation is 1. The Bertz CT molecular complexity index is 1390. The maximum Gasteiger partial charge on any atom is 0.433 e. The quantitative estimate of drug-likeness (QED) is 0.395. The Labute approximate surface area is 201 Å². The molecule has 4 rings (SSSR count). The van der Waals surface area contributed by atoms with Gasteiger partial charge >= 0.3 is 6.18 Å². The molecule has 2 heterocycles. The largest absolute Gasteiger partial charge is 0.433 e. The molecule has 0 saturated heterocycles. The second-order valence-electron chi connectivity index (χ2n) is 7.32. The first-order chi connectivity index (χ1) is 16.6. The van der Waals surface area contributed by atoms with E-state index in [0.29, 0.717) is 5.56 Å². The molecule has 2 aromatic carbocycles. The number of halogens is 4. The minimum atomic E-state index is -4.61. The van der Waals surface area contributed by atoms with Crippen molar-refractivity contribution >= 4 is 34.8 Å². The van der Waals surface area contributed by atoms with Gasteiger partial charge in [-0.2, -0.15) is 18.3 Å². The third-order valence-corrected chi connectivity index (χ3v) is 5.24. The first-order valence-corrected chi connectivity index (χ1v) is 10.4. The van der Waals surface area contributed by atoms with Crippen molar-refractivity contribution < 1.29 is 22.8 Å². The van der Waals surface area contributed by atoms with Gasteiger partial charge < -0.3 is 10.6 Å². The fourth-order valence-corrected chi connectivity index (χ4v) is 3.32. The van der Waals surface area contributed by atoms with Crippen molar-refractivity contribution in [3.05, 3.63) is 94.8 Å². The molecule has 0 radical (unpaired) electrons. The molecular weight excluding hydrogens is 485 g/mol. The monoisotopic (exact) mass is 500 g/mol. The highest BCUT2D eigenvalue weighted by atomic mass is 35.5. The molecule has 4 aromatic rings. The van der Waals surface area contributed by atoms with Crippen LogP contribution in [0.3, 0.4) is 0 Å². The normalized spacial score (nSPS) is 11.2. The summed E-state index contributed by atoms with van der Waals surface area (Å²) in [5, 5.41) is 9.49. The number of hydrogen-bond acceptors (Lipinski definition) is 5. The Morgan fingerprint density at radius 2 is 1.71 bits per heavy atom. The Morgan fingerprint density at radius 1 is 0.971 bits per heavy atom. The topological polar surface area (TPSA) is 102 Å². The van der Waals surface area contributed by atoms with Crippen LogP contribution in [0.2, 0.25) is 5.02 Å². The fraction of sp³-hybridized carbons (Fsp3) is 0.0870. The minimum absolute atomic E-state index is 0.0222. The summed E-state index contributed by atoms with van der Waals surface area (Å²) in [5.74, 6) is -1.10. The number of alkyl halides is 3. The molecule has 0 saturated carbocycles. The highest BCUT2D eigenvalue weighted by Gasteiger charge is 2.33. The summed E-state index contributed by atoms with van der Waals surface area (Å²) in [6.45, 7) is 1.31. The summed E-state index contributed by atoms with van der Waals surface area (Å²) in [5.41, 5.74) is 0.394. The number of benzene rings is 2. The van der Waals surface area contributed by atoms with Gasteiger partial charge in [0.15, 0.2) is 0 Å². The summed E-state index contributed by atoms with van der Waals surface area (Å²) in [4.78, 5) is 32.6. The van der Waals surface area contributed by atoms with Crippen LogP contribution >= 0.6 is 11.6 Å². The molecule has 0 atom stereocenters. The Morgan fingerprint density at radius 3 is 2.34 bits per heavy atom. The molecular formula is C23H16ClF3N6O2. The van der Waals surface area contributed by atoms with Crippen molar-refractivity contribution in [3.8, 4) is 5.69 Å². The first-order valence-electron chi connectivity index (χ1n) is 10.0. The standard InChI is InChI=1S/C23H16ClF3N6O2/c1-13-17(7-9-20(30-13)23(25,26)27)22(35)31-15-4-8-18(24)19(10-15)32-21(34)14-2-5-16(6-3-14)33-12-28-11-29-33/h2-12H,1H3,(H,31,35)(H,32,34). The zero-order valence-corrected chi connectivity index (χ0v) is 18.7. The molecule has 0 fully saturated rings. The average molecular weight is 501 g/mol. The van der Waals surface area contributed by atoms with Gasteiger partial charge in [0.25, 0.3) is 11.8 Å².